The Hall–Kier alpha value is -2.67. The lowest BCUT2D eigenvalue weighted by molar-refractivity contribution is -0.161. The number of benzene rings is 1. The van der Waals surface area contributed by atoms with Gasteiger partial charge in [-0.25, -0.2) is 4.68 Å². The molecule has 1 aromatic carbocycles. The molecule has 2 aliphatic rings. The first kappa shape index (κ1) is 27.4. The molecule has 37 heavy (non-hydrogen) atoms. The predicted octanol–water partition coefficient (Wildman–Crippen LogP) is 4.43. The second-order valence-electron chi connectivity index (χ2n) is 11.4. The van der Waals surface area contributed by atoms with E-state index in [1.54, 1.807) is 0 Å². The van der Waals surface area contributed by atoms with Gasteiger partial charge < -0.3 is 15.1 Å². The maximum atomic E-state index is 13.5. The number of unbranched alkanes of at least 4 members (excludes halogenated alkanes) is 1. The van der Waals surface area contributed by atoms with Crippen molar-refractivity contribution in [3.8, 4) is 5.69 Å². The lowest BCUT2D eigenvalue weighted by atomic mass is 9.80. The van der Waals surface area contributed by atoms with E-state index < -0.39 is 5.54 Å². The number of likely N-dealkylation sites (tertiary alicyclic amines) is 1. The molecule has 3 heterocycles. The number of aromatic nitrogens is 2. The van der Waals surface area contributed by atoms with Crippen LogP contribution in [-0.2, 0) is 16.0 Å². The molecule has 1 aromatic heterocycles. The summed E-state index contributed by atoms with van der Waals surface area (Å²) in [5.74, 6) is 0.551. The Bertz CT molecular complexity index is 1070. The lowest BCUT2D eigenvalue weighted by Crippen LogP contribution is -2.73. The molecule has 7 heteroatoms. The van der Waals surface area contributed by atoms with Gasteiger partial charge in [-0.3, -0.25) is 9.59 Å². The maximum absolute atomic E-state index is 13.5. The lowest BCUT2D eigenvalue weighted by Gasteiger charge is -2.52. The number of para-hydroxylation sites is 1. The topological polar surface area (TPSA) is 70.5 Å². The Balaban J connectivity index is 1.36. The van der Waals surface area contributed by atoms with Gasteiger partial charge in [0, 0.05) is 25.3 Å². The molecular weight excluding hydrogens is 462 g/mol. The SMILES string of the molecule is CCCCN1C(=O)[C@H](CC(C)C)NC(=O)C12CCN(CCCc1c(C)nn(-c3ccccc3)c1C)CC2. The summed E-state index contributed by atoms with van der Waals surface area (Å²) in [6, 6.07) is 9.92. The summed E-state index contributed by atoms with van der Waals surface area (Å²) in [5, 5.41) is 7.91. The van der Waals surface area contributed by atoms with E-state index in [9.17, 15) is 9.59 Å². The van der Waals surface area contributed by atoms with E-state index in [4.69, 9.17) is 5.10 Å². The highest BCUT2D eigenvalue weighted by molar-refractivity contribution is 6.00. The largest absolute Gasteiger partial charge is 0.342 e. The molecule has 0 saturated carbocycles. The van der Waals surface area contributed by atoms with E-state index >= 15 is 0 Å². The number of nitrogens with zero attached hydrogens (tertiary/aromatic N) is 4. The molecule has 2 aliphatic heterocycles. The van der Waals surface area contributed by atoms with Gasteiger partial charge in [0.2, 0.25) is 11.8 Å². The van der Waals surface area contributed by atoms with Crippen molar-refractivity contribution in [1.29, 1.82) is 0 Å². The highest BCUT2D eigenvalue weighted by Gasteiger charge is 2.53. The van der Waals surface area contributed by atoms with Gasteiger partial charge >= 0.3 is 0 Å². The van der Waals surface area contributed by atoms with Crippen molar-refractivity contribution in [2.24, 2.45) is 5.92 Å². The first-order valence-corrected chi connectivity index (χ1v) is 14.2. The third-order valence-electron chi connectivity index (χ3n) is 8.28. The number of carbonyl (C=O) groups excluding carboxylic acids is 2. The number of piperazine rings is 1. The van der Waals surface area contributed by atoms with Crippen molar-refractivity contribution in [3.63, 3.8) is 0 Å². The highest BCUT2D eigenvalue weighted by atomic mass is 16.2. The fourth-order valence-corrected chi connectivity index (χ4v) is 6.13. The van der Waals surface area contributed by atoms with Crippen molar-refractivity contribution in [2.45, 2.75) is 91.1 Å². The van der Waals surface area contributed by atoms with Crippen molar-refractivity contribution < 1.29 is 9.59 Å². The van der Waals surface area contributed by atoms with Crippen LogP contribution < -0.4 is 5.32 Å². The molecule has 202 valence electrons. The molecule has 2 fully saturated rings. The zero-order valence-corrected chi connectivity index (χ0v) is 23.4. The van der Waals surface area contributed by atoms with Gasteiger partial charge in [-0.15, -0.1) is 0 Å². The molecule has 2 aromatic rings. The van der Waals surface area contributed by atoms with Crippen LogP contribution >= 0.6 is 0 Å². The van der Waals surface area contributed by atoms with E-state index in [1.165, 1.54) is 11.3 Å². The summed E-state index contributed by atoms with van der Waals surface area (Å²) >= 11 is 0. The Labute approximate surface area is 222 Å². The Morgan fingerprint density at radius 1 is 1.05 bits per heavy atom. The van der Waals surface area contributed by atoms with E-state index in [0.717, 1.165) is 56.7 Å². The quantitative estimate of drug-likeness (QED) is 0.517. The zero-order valence-electron chi connectivity index (χ0n) is 23.4. The molecule has 4 rings (SSSR count). The standard InChI is InChI=1S/C30H45N5O2/c1-6-7-18-34-28(36)27(21-22(2)3)31-29(37)30(34)15-19-33(20-16-30)17-11-14-26-23(4)32-35(24(26)5)25-12-9-8-10-13-25/h8-10,12-13,22,27H,6-7,11,14-21H2,1-5H3,(H,31,37)/t27-/m0/s1. The Morgan fingerprint density at radius 2 is 1.76 bits per heavy atom. The van der Waals surface area contributed by atoms with Gasteiger partial charge in [0.05, 0.1) is 11.4 Å². The van der Waals surface area contributed by atoms with E-state index in [0.29, 0.717) is 31.7 Å². The van der Waals surface area contributed by atoms with Gasteiger partial charge in [0.25, 0.3) is 0 Å². The molecule has 1 atom stereocenters. The van der Waals surface area contributed by atoms with Crippen molar-refractivity contribution in [2.75, 3.05) is 26.2 Å². The number of nitrogens with one attached hydrogen (secondary N) is 1. The third-order valence-corrected chi connectivity index (χ3v) is 8.28. The Morgan fingerprint density at radius 3 is 2.41 bits per heavy atom. The predicted molar refractivity (Wildman–Crippen MR) is 148 cm³/mol. The number of amides is 2. The van der Waals surface area contributed by atoms with Crippen LogP contribution in [0.4, 0.5) is 0 Å². The average molecular weight is 508 g/mol. The number of rotatable bonds is 10. The maximum Gasteiger partial charge on any atom is 0.246 e. The van der Waals surface area contributed by atoms with Gasteiger partial charge in [0.15, 0.2) is 0 Å². The molecule has 1 N–H and O–H groups in total. The van der Waals surface area contributed by atoms with Gasteiger partial charge in [-0.05, 0) is 82.5 Å². The summed E-state index contributed by atoms with van der Waals surface area (Å²) in [5.41, 5.74) is 4.05. The van der Waals surface area contributed by atoms with Gasteiger partial charge in [-0.1, -0.05) is 45.4 Å². The second kappa shape index (κ2) is 11.8. The third kappa shape index (κ3) is 5.77. The van der Waals surface area contributed by atoms with E-state index in [-0.39, 0.29) is 17.9 Å². The smallest absolute Gasteiger partial charge is 0.246 e. The summed E-state index contributed by atoms with van der Waals surface area (Å²) < 4.78 is 2.05. The molecule has 0 aliphatic carbocycles. The van der Waals surface area contributed by atoms with Crippen LogP contribution in [0.2, 0.25) is 0 Å². The summed E-state index contributed by atoms with van der Waals surface area (Å²) in [7, 11) is 0. The number of hydrogen-bond donors (Lipinski definition) is 1. The fraction of sp³-hybridized carbons (Fsp3) is 0.633. The first-order valence-electron chi connectivity index (χ1n) is 14.2. The van der Waals surface area contributed by atoms with Crippen LogP contribution in [0.5, 0.6) is 0 Å². The van der Waals surface area contributed by atoms with E-state index in [1.807, 2.05) is 27.8 Å². The van der Waals surface area contributed by atoms with Crippen LogP contribution in [0.25, 0.3) is 5.69 Å². The second-order valence-corrected chi connectivity index (χ2v) is 11.4. The number of aryl methyl sites for hydroxylation is 1. The summed E-state index contributed by atoms with van der Waals surface area (Å²) in [4.78, 5) is 31.3. The molecule has 0 bridgehead atoms. The van der Waals surface area contributed by atoms with Gasteiger partial charge in [0.1, 0.15) is 11.6 Å². The summed E-state index contributed by atoms with van der Waals surface area (Å²) in [6.07, 6.45) is 6.13. The van der Waals surface area contributed by atoms with Crippen LogP contribution in [0.3, 0.4) is 0 Å². The molecule has 1 spiro atoms. The van der Waals surface area contributed by atoms with Crippen LogP contribution in [0.15, 0.2) is 30.3 Å². The van der Waals surface area contributed by atoms with Gasteiger partial charge in [-0.2, -0.15) is 5.10 Å². The Kier molecular flexibility index (Phi) is 8.73. The number of piperidine rings is 1. The minimum Gasteiger partial charge on any atom is -0.342 e. The molecule has 2 saturated heterocycles. The van der Waals surface area contributed by atoms with Crippen molar-refractivity contribution in [3.05, 3.63) is 47.3 Å². The average Bonchev–Trinajstić information content (AvgIpc) is 3.17. The highest BCUT2D eigenvalue weighted by Crippen LogP contribution is 2.34. The molecule has 0 unspecified atom stereocenters. The zero-order chi connectivity index (χ0) is 26.6. The minimum absolute atomic E-state index is 0.0630. The molecular formula is C30H45N5O2. The normalized spacial score (nSPS) is 20.2. The first-order chi connectivity index (χ1) is 17.8. The fourth-order valence-electron chi connectivity index (χ4n) is 6.13. The van der Waals surface area contributed by atoms with Crippen LogP contribution in [0.1, 0.15) is 76.2 Å². The van der Waals surface area contributed by atoms with Crippen LogP contribution in [0, 0.1) is 19.8 Å². The van der Waals surface area contributed by atoms with E-state index in [2.05, 4.69) is 57.0 Å². The van der Waals surface area contributed by atoms with Crippen molar-refractivity contribution >= 4 is 11.8 Å². The summed E-state index contributed by atoms with van der Waals surface area (Å²) in [6.45, 7) is 14.0. The molecule has 2 amide bonds. The van der Waals surface area contributed by atoms with Crippen molar-refractivity contribution in [1.82, 2.24) is 24.9 Å². The molecule has 7 nitrogen and oxygen atoms in total. The monoisotopic (exact) mass is 507 g/mol. The number of hydrogen-bond acceptors (Lipinski definition) is 4. The number of carbonyl (C=O) groups is 2. The minimum atomic E-state index is -0.680. The molecule has 0 radical (unpaired) electrons. The van der Waals surface area contributed by atoms with Crippen LogP contribution in [-0.4, -0.2) is 69.2 Å².